The van der Waals surface area contributed by atoms with Crippen molar-refractivity contribution in [1.82, 2.24) is 30.1 Å². The molecule has 3 N–H and O–H groups in total. The Labute approximate surface area is 224 Å². The van der Waals surface area contributed by atoms with Gasteiger partial charge in [-0.05, 0) is 60.4 Å². The van der Waals surface area contributed by atoms with Crippen molar-refractivity contribution in [3.8, 4) is 33.6 Å². The molecule has 1 amide bonds. The van der Waals surface area contributed by atoms with E-state index >= 15 is 0 Å². The largest absolute Gasteiger partial charge is 0.352 e. The molecule has 192 valence electrons. The Hall–Kier alpha value is -4.85. The number of amides is 1. The zero-order valence-corrected chi connectivity index (χ0v) is 21.3. The smallest absolute Gasteiger partial charge is 0.227 e. The van der Waals surface area contributed by atoms with Crippen molar-refractivity contribution in [3.63, 3.8) is 0 Å². The summed E-state index contributed by atoms with van der Waals surface area (Å²) in [7, 11) is 0. The fourth-order valence-electron chi connectivity index (χ4n) is 5.61. The maximum absolute atomic E-state index is 12.8. The van der Waals surface area contributed by atoms with Gasteiger partial charge in [-0.2, -0.15) is 5.10 Å². The highest BCUT2D eigenvalue weighted by molar-refractivity contribution is 6.01. The third-order valence-electron chi connectivity index (χ3n) is 7.67. The lowest BCUT2D eigenvalue weighted by Crippen LogP contribution is -2.24. The van der Waals surface area contributed by atoms with Crippen molar-refractivity contribution in [2.24, 2.45) is 5.92 Å². The van der Waals surface area contributed by atoms with Crippen LogP contribution in [-0.4, -0.2) is 36.0 Å². The van der Waals surface area contributed by atoms with Gasteiger partial charge in [-0.25, -0.2) is 0 Å². The van der Waals surface area contributed by atoms with Crippen molar-refractivity contribution in [1.29, 1.82) is 0 Å². The van der Waals surface area contributed by atoms with Gasteiger partial charge in [-0.1, -0.05) is 25.3 Å². The van der Waals surface area contributed by atoms with Crippen molar-refractivity contribution in [2.45, 2.75) is 32.1 Å². The van der Waals surface area contributed by atoms with Crippen LogP contribution in [0.1, 0.15) is 32.1 Å². The van der Waals surface area contributed by atoms with Crippen LogP contribution in [0.2, 0.25) is 0 Å². The first-order chi connectivity index (χ1) is 19.2. The van der Waals surface area contributed by atoms with Gasteiger partial charge in [-0.15, -0.1) is 0 Å². The summed E-state index contributed by atoms with van der Waals surface area (Å²) in [5.41, 5.74) is 8.38. The predicted molar refractivity (Wildman–Crippen MR) is 153 cm³/mol. The van der Waals surface area contributed by atoms with Gasteiger partial charge in [0.25, 0.3) is 0 Å². The van der Waals surface area contributed by atoms with E-state index in [9.17, 15) is 4.79 Å². The van der Waals surface area contributed by atoms with E-state index in [2.05, 4.69) is 47.6 Å². The zero-order valence-electron chi connectivity index (χ0n) is 21.3. The van der Waals surface area contributed by atoms with E-state index in [1.165, 1.54) is 6.42 Å². The van der Waals surface area contributed by atoms with E-state index in [0.29, 0.717) is 0 Å². The van der Waals surface area contributed by atoms with E-state index in [1.807, 2.05) is 48.9 Å². The third-order valence-corrected chi connectivity index (χ3v) is 7.67. The van der Waals surface area contributed by atoms with Crippen molar-refractivity contribution in [3.05, 3.63) is 79.6 Å². The summed E-state index contributed by atoms with van der Waals surface area (Å²) in [4.78, 5) is 29.3. The molecule has 0 unspecified atom stereocenters. The quantitative estimate of drug-likeness (QED) is 0.236. The Kier molecular flexibility index (Phi) is 5.85. The number of carbonyl (C=O) groups excluding carboxylic acids is 1. The van der Waals surface area contributed by atoms with Crippen LogP contribution in [0.5, 0.6) is 0 Å². The first-order valence-corrected chi connectivity index (χ1v) is 13.3. The minimum absolute atomic E-state index is 0.0952. The average molecular weight is 514 g/mol. The van der Waals surface area contributed by atoms with E-state index in [-0.39, 0.29) is 11.8 Å². The molecular formula is C31H27N7O. The number of hydrogen-bond donors (Lipinski definition) is 3. The summed E-state index contributed by atoms with van der Waals surface area (Å²) in [5.74, 6) is 0.193. The second-order valence-electron chi connectivity index (χ2n) is 10.2. The maximum Gasteiger partial charge on any atom is 0.227 e. The lowest BCUT2D eigenvalue weighted by Gasteiger charge is -2.20. The molecule has 1 aromatic carbocycles. The molecule has 7 rings (SSSR count). The minimum Gasteiger partial charge on any atom is -0.352 e. The van der Waals surface area contributed by atoms with Crippen LogP contribution in [0.15, 0.2) is 79.6 Å². The lowest BCUT2D eigenvalue weighted by atomic mass is 9.88. The van der Waals surface area contributed by atoms with E-state index < -0.39 is 0 Å². The van der Waals surface area contributed by atoms with Gasteiger partial charge in [0.1, 0.15) is 5.69 Å². The number of benzene rings is 1. The van der Waals surface area contributed by atoms with Gasteiger partial charge >= 0.3 is 0 Å². The van der Waals surface area contributed by atoms with Gasteiger partial charge in [0.15, 0.2) is 0 Å². The first-order valence-electron chi connectivity index (χ1n) is 13.3. The third kappa shape index (κ3) is 4.44. The Morgan fingerprint density at radius 3 is 2.49 bits per heavy atom. The highest BCUT2D eigenvalue weighted by atomic mass is 16.1. The van der Waals surface area contributed by atoms with Gasteiger partial charge in [-0.3, -0.25) is 24.8 Å². The fourth-order valence-corrected chi connectivity index (χ4v) is 5.61. The van der Waals surface area contributed by atoms with Gasteiger partial charge in [0.2, 0.25) is 5.91 Å². The summed E-state index contributed by atoms with van der Waals surface area (Å²) in [6.07, 6.45) is 16.2. The van der Waals surface area contributed by atoms with E-state index in [4.69, 9.17) is 0 Å². The number of hydrogen-bond acceptors (Lipinski definition) is 5. The monoisotopic (exact) mass is 513 g/mol. The van der Waals surface area contributed by atoms with E-state index in [0.717, 1.165) is 86.8 Å². The predicted octanol–water partition coefficient (Wildman–Crippen LogP) is 6.75. The van der Waals surface area contributed by atoms with Crippen LogP contribution >= 0.6 is 0 Å². The molecule has 39 heavy (non-hydrogen) atoms. The highest BCUT2D eigenvalue weighted by Crippen LogP contribution is 2.35. The molecule has 1 saturated carbocycles. The summed E-state index contributed by atoms with van der Waals surface area (Å²) in [6.45, 7) is 0. The topological polar surface area (TPSA) is 112 Å². The van der Waals surface area contributed by atoms with Crippen LogP contribution in [-0.2, 0) is 4.79 Å². The molecule has 5 heterocycles. The Balaban J connectivity index is 1.23. The molecule has 6 aromatic rings. The Bertz CT molecular complexity index is 1800. The molecule has 0 saturated heterocycles. The molecule has 8 nitrogen and oxygen atoms in total. The van der Waals surface area contributed by atoms with Crippen LogP contribution in [0.4, 0.5) is 5.69 Å². The van der Waals surface area contributed by atoms with Gasteiger partial charge < -0.3 is 10.3 Å². The summed E-state index contributed by atoms with van der Waals surface area (Å²) in [5, 5.41) is 13.0. The van der Waals surface area contributed by atoms with Crippen LogP contribution in [0, 0.1) is 5.92 Å². The number of nitrogens with zero attached hydrogens (tertiary/aromatic N) is 4. The number of fused-ring (bicyclic) bond motifs is 2. The van der Waals surface area contributed by atoms with Crippen LogP contribution < -0.4 is 5.32 Å². The first kappa shape index (κ1) is 23.3. The molecule has 5 aromatic heterocycles. The second-order valence-corrected chi connectivity index (χ2v) is 10.2. The summed E-state index contributed by atoms with van der Waals surface area (Å²) in [6, 6.07) is 14.3. The molecule has 0 bridgehead atoms. The summed E-state index contributed by atoms with van der Waals surface area (Å²) >= 11 is 0. The number of pyridine rings is 3. The van der Waals surface area contributed by atoms with Gasteiger partial charge in [0, 0.05) is 52.6 Å². The maximum atomic E-state index is 12.8. The molecule has 1 aliphatic rings. The number of aromatic amines is 2. The molecular weight excluding hydrogens is 486 g/mol. The molecule has 0 radical (unpaired) electrons. The number of rotatable bonds is 5. The summed E-state index contributed by atoms with van der Waals surface area (Å²) < 4.78 is 0. The van der Waals surface area contributed by atoms with E-state index in [1.54, 1.807) is 18.6 Å². The molecule has 0 atom stereocenters. The van der Waals surface area contributed by atoms with Crippen molar-refractivity contribution < 1.29 is 4.79 Å². The fraction of sp³-hybridized carbons (Fsp3) is 0.194. The highest BCUT2D eigenvalue weighted by Gasteiger charge is 2.21. The molecule has 0 spiro atoms. The molecule has 8 heteroatoms. The average Bonchev–Trinajstić information content (AvgIpc) is 3.62. The standard InChI is InChI=1S/C31H27N7O/c39-31(20-4-2-1-3-5-20)35-23-12-22(15-33-16-23)21-6-7-27-25(13-21)30(38-37-27)28-14-24-26(17-34-18-29(24)36-28)19-8-10-32-11-9-19/h6-18,20,36H,1-5H2,(H,35,39)(H,37,38). The minimum atomic E-state index is 0.0952. The number of carbonyl (C=O) groups is 1. The molecule has 0 aliphatic heterocycles. The molecule has 1 aliphatic carbocycles. The molecule has 1 fully saturated rings. The number of aromatic nitrogens is 6. The zero-order chi connectivity index (χ0) is 26.2. The number of H-pyrrole nitrogens is 2. The Morgan fingerprint density at radius 1 is 0.769 bits per heavy atom. The second kappa shape index (κ2) is 9.79. The van der Waals surface area contributed by atoms with Crippen molar-refractivity contribution in [2.75, 3.05) is 5.32 Å². The lowest BCUT2D eigenvalue weighted by molar-refractivity contribution is -0.120. The normalized spacial score (nSPS) is 14.2. The number of nitrogens with one attached hydrogen (secondary N) is 3. The van der Waals surface area contributed by atoms with Crippen LogP contribution in [0.25, 0.3) is 55.4 Å². The van der Waals surface area contributed by atoms with Crippen molar-refractivity contribution >= 4 is 33.4 Å². The Morgan fingerprint density at radius 2 is 1.62 bits per heavy atom. The van der Waals surface area contributed by atoms with Gasteiger partial charge in [0.05, 0.1) is 34.8 Å². The number of anilines is 1. The van der Waals surface area contributed by atoms with Crippen LogP contribution in [0.3, 0.4) is 0 Å². The SMILES string of the molecule is O=C(Nc1cncc(-c2ccc3[nH]nc(-c4cc5c(-c6ccncc6)cncc5[nH]4)c3c2)c1)C1CCCCC1.